The Morgan fingerprint density at radius 2 is 1.75 bits per heavy atom. The Hall–Kier alpha value is -2.18. The predicted octanol–water partition coefficient (Wildman–Crippen LogP) is 2.35. The van der Waals surface area contributed by atoms with E-state index in [0.717, 1.165) is 10.0 Å². The summed E-state index contributed by atoms with van der Waals surface area (Å²) in [6.45, 7) is 0. The van der Waals surface area contributed by atoms with Crippen molar-refractivity contribution in [2.24, 2.45) is 5.73 Å². The number of carbonyl (C=O) groups excluding carboxylic acids is 2. The maximum absolute atomic E-state index is 12.5. The van der Waals surface area contributed by atoms with Gasteiger partial charge in [0.05, 0.1) is 0 Å². The van der Waals surface area contributed by atoms with E-state index in [9.17, 15) is 9.59 Å². The van der Waals surface area contributed by atoms with Crippen molar-refractivity contribution in [1.82, 2.24) is 5.32 Å². The summed E-state index contributed by atoms with van der Waals surface area (Å²) in [6.07, 6.45) is -0.500. The second-order valence-electron chi connectivity index (χ2n) is 5.29. The first-order valence-corrected chi connectivity index (χ1v) is 8.23. The van der Waals surface area contributed by atoms with Crippen molar-refractivity contribution in [3.05, 3.63) is 70.2 Å². The fourth-order valence-electron chi connectivity index (χ4n) is 2.38. The molecule has 0 aliphatic heterocycles. The highest BCUT2D eigenvalue weighted by Crippen LogP contribution is 2.19. The van der Waals surface area contributed by atoms with Crippen molar-refractivity contribution >= 4 is 27.7 Å². The van der Waals surface area contributed by atoms with Crippen molar-refractivity contribution in [3.8, 4) is 0 Å². The summed E-state index contributed by atoms with van der Waals surface area (Å²) in [6, 6.07) is 15.7. The van der Waals surface area contributed by atoms with E-state index < -0.39 is 24.0 Å². The summed E-state index contributed by atoms with van der Waals surface area (Å²) in [5.74, 6) is -0.999. The highest BCUT2D eigenvalue weighted by atomic mass is 79.9. The molecule has 0 radical (unpaired) electrons. The standard InChI is InChI=1S/C18H19BrN2O3/c1-24-16(12-7-3-2-4-8-12)18(23)21-15(17(20)22)11-13-9-5-6-10-14(13)19/h2-10,15-16H,11H2,1H3,(H2,20,22)(H,21,23)/t15-,16+/m1/s1. The van der Waals surface area contributed by atoms with E-state index in [0.29, 0.717) is 12.0 Å². The van der Waals surface area contributed by atoms with Crippen LogP contribution in [0.5, 0.6) is 0 Å². The zero-order valence-electron chi connectivity index (χ0n) is 13.2. The number of hydrogen-bond acceptors (Lipinski definition) is 3. The number of nitrogens with one attached hydrogen (secondary N) is 1. The summed E-state index contributed by atoms with van der Waals surface area (Å²) in [7, 11) is 1.45. The zero-order chi connectivity index (χ0) is 17.5. The van der Waals surface area contributed by atoms with E-state index in [1.807, 2.05) is 42.5 Å². The van der Waals surface area contributed by atoms with Gasteiger partial charge in [0.15, 0.2) is 6.10 Å². The third-order valence-corrected chi connectivity index (χ3v) is 4.39. The lowest BCUT2D eigenvalue weighted by Gasteiger charge is -2.21. The highest BCUT2D eigenvalue weighted by molar-refractivity contribution is 9.10. The third kappa shape index (κ3) is 4.66. The Kier molecular flexibility index (Phi) is 6.52. The fraction of sp³-hybridized carbons (Fsp3) is 0.222. The molecule has 0 fully saturated rings. The van der Waals surface area contributed by atoms with Crippen LogP contribution < -0.4 is 11.1 Å². The largest absolute Gasteiger partial charge is 0.368 e. The van der Waals surface area contributed by atoms with Gasteiger partial charge in [-0.05, 0) is 17.2 Å². The minimum absolute atomic E-state index is 0.299. The minimum Gasteiger partial charge on any atom is -0.368 e. The summed E-state index contributed by atoms with van der Waals surface area (Å²) < 4.78 is 6.14. The first-order valence-electron chi connectivity index (χ1n) is 7.43. The van der Waals surface area contributed by atoms with Gasteiger partial charge in [0.1, 0.15) is 6.04 Å². The number of benzene rings is 2. The SMILES string of the molecule is CO[C@H](C(=O)N[C@H](Cc1ccccc1Br)C(N)=O)c1ccccc1. The van der Waals surface area contributed by atoms with Crippen LogP contribution in [0.4, 0.5) is 0 Å². The molecule has 2 rings (SSSR count). The number of halogens is 1. The Balaban J connectivity index is 2.13. The second kappa shape index (κ2) is 8.61. The van der Waals surface area contributed by atoms with Gasteiger partial charge in [-0.15, -0.1) is 0 Å². The van der Waals surface area contributed by atoms with E-state index in [2.05, 4.69) is 21.2 Å². The lowest BCUT2D eigenvalue weighted by Crippen LogP contribution is -2.47. The van der Waals surface area contributed by atoms with Gasteiger partial charge in [-0.25, -0.2) is 0 Å². The van der Waals surface area contributed by atoms with E-state index in [4.69, 9.17) is 10.5 Å². The molecule has 6 heteroatoms. The molecule has 0 bridgehead atoms. The Bertz CT molecular complexity index is 706. The molecule has 0 aliphatic carbocycles. The van der Waals surface area contributed by atoms with Gasteiger partial charge in [0.25, 0.3) is 5.91 Å². The molecule has 0 saturated heterocycles. The summed E-state index contributed by atoms with van der Waals surface area (Å²) in [5, 5.41) is 2.68. The Labute approximate surface area is 149 Å². The van der Waals surface area contributed by atoms with Crippen molar-refractivity contribution in [3.63, 3.8) is 0 Å². The summed E-state index contributed by atoms with van der Waals surface area (Å²) in [5.41, 5.74) is 7.05. The van der Waals surface area contributed by atoms with E-state index >= 15 is 0 Å². The second-order valence-corrected chi connectivity index (χ2v) is 6.14. The van der Waals surface area contributed by atoms with Gasteiger partial charge >= 0.3 is 0 Å². The number of amides is 2. The lowest BCUT2D eigenvalue weighted by molar-refractivity contribution is -0.134. The van der Waals surface area contributed by atoms with Gasteiger partial charge < -0.3 is 15.8 Å². The minimum atomic E-state index is -0.822. The van der Waals surface area contributed by atoms with E-state index in [1.165, 1.54) is 7.11 Å². The Morgan fingerprint density at radius 1 is 1.12 bits per heavy atom. The maximum Gasteiger partial charge on any atom is 0.254 e. The molecule has 3 N–H and O–H groups in total. The molecule has 2 atom stereocenters. The quantitative estimate of drug-likeness (QED) is 0.760. The molecule has 0 heterocycles. The molecule has 2 aromatic carbocycles. The van der Waals surface area contributed by atoms with Gasteiger partial charge in [0, 0.05) is 18.0 Å². The number of methoxy groups -OCH3 is 1. The number of hydrogen-bond donors (Lipinski definition) is 2. The number of nitrogens with two attached hydrogens (primary N) is 1. The van der Waals surface area contributed by atoms with Crippen LogP contribution in [0.2, 0.25) is 0 Å². The topological polar surface area (TPSA) is 81.4 Å². The molecular formula is C18H19BrN2O3. The molecule has 0 saturated carbocycles. The van der Waals surface area contributed by atoms with Crippen molar-refractivity contribution in [2.45, 2.75) is 18.6 Å². The van der Waals surface area contributed by atoms with Crippen LogP contribution in [0.25, 0.3) is 0 Å². The smallest absolute Gasteiger partial charge is 0.254 e. The molecule has 0 aliphatic rings. The summed E-state index contributed by atoms with van der Waals surface area (Å²) >= 11 is 3.43. The van der Waals surface area contributed by atoms with Gasteiger partial charge in [-0.2, -0.15) is 0 Å². The number of ether oxygens (including phenoxy) is 1. The van der Waals surface area contributed by atoms with Crippen LogP contribution in [0.15, 0.2) is 59.1 Å². The first-order chi connectivity index (χ1) is 11.5. The van der Waals surface area contributed by atoms with Crippen LogP contribution in [0.1, 0.15) is 17.2 Å². The molecule has 0 aromatic heterocycles. The first kappa shape index (κ1) is 18.2. The number of rotatable bonds is 7. The lowest BCUT2D eigenvalue weighted by atomic mass is 10.0. The van der Waals surface area contributed by atoms with Crippen LogP contribution in [-0.2, 0) is 20.7 Å². The van der Waals surface area contributed by atoms with Gasteiger partial charge in [-0.3, -0.25) is 9.59 Å². The zero-order valence-corrected chi connectivity index (χ0v) is 14.8. The van der Waals surface area contributed by atoms with Crippen molar-refractivity contribution < 1.29 is 14.3 Å². The molecular weight excluding hydrogens is 372 g/mol. The molecule has 0 unspecified atom stereocenters. The maximum atomic E-state index is 12.5. The van der Waals surface area contributed by atoms with Crippen molar-refractivity contribution in [1.29, 1.82) is 0 Å². The van der Waals surface area contributed by atoms with Crippen LogP contribution >= 0.6 is 15.9 Å². The monoisotopic (exact) mass is 390 g/mol. The molecule has 126 valence electrons. The van der Waals surface area contributed by atoms with Gasteiger partial charge in [-0.1, -0.05) is 64.5 Å². The molecule has 24 heavy (non-hydrogen) atoms. The molecule has 0 spiro atoms. The average Bonchev–Trinajstić information content (AvgIpc) is 2.57. The normalized spacial score (nSPS) is 13.1. The van der Waals surface area contributed by atoms with Crippen LogP contribution in [0.3, 0.4) is 0 Å². The highest BCUT2D eigenvalue weighted by Gasteiger charge is 2.25. The van der Waals surface area contributed by atoms with Crippen molar-refractivity contribution in [2.75, 3.05) is 7.11 Å². The van der Waals surface area contributed by atoms with E-state index in [-0.39, 0.29) is 0 Å². The average molecular weight is 391 g/mol. The third-order valence-electron chi connectivity index (χ3n) is 3.62. The molecule has 5 nitrogen and oxygen atoms in total. The predicted molar refractivity (Wildman–Crippen MR) is 95.2 cm³/mol. The van der Waals surface area contributed by atoms with Crippen LogP contribution in [0, 0.1) is 0 Å². The Morgan fingerprint density at radius 3 is 2.33 bits per heavy atom. The number of primary amides is 1. The fourth-order valence-corrected chi connectivity index (χ4v) is 2.82. The van der Waals surface area contributed by atoms with E-state index in [1.54, 1.807) is 12.1 Å². The number of carbonyl (C=O) groups is 2. The summed E-state index contributed by atoms with van der Waals surface area (Å²) in [4.78, 5) is 24.3. The van der Waals surface area contributed by atoms with Crippen LogP contribution in [-0.4, -0.2) is 25.0 Å². The molecule has 2 aromatic rings. The van der Waals surface area contributed by atoms with Gasteiger partial charge in [0.2, 0.25) is 5.91 Å². The molecule has 2 amide bonds.